The molecular formula is C44H62N2O8S. The molecule has 1 aliphatic heterocycles. The number of aliphatic hydroxyl groups is 2. The number of amides is 1. The first-order valence-electron chi connectivity index (χ1n) is 20.0. The van der Waals surface area contributed by atoms with Gasteiger partial charge in [-0.15, -0.1) is 18.3 Å². The highest BCUT2D eigenvalue weighted by Gasteiger charge is 2.65. The maximum absolute atomic E-state index is 13.7. The molecule has 5 rings (SSSR count). The molecule has 6 atom stereocenters. The van der Waals surface area contributed by atoms with Gasteiger partial charge < -0.3 is 34.0 Å². The molecule has 0 unspecified atom stereocenters. The van der Waals surface area contributed by atoms with Crippen molar-refractivity contribution in [3.8, 4) is 11.5 Å². The predicted octanol–water partition coefficient (Wildman–Crippen LogP) is 8.77. The Kier molecular flexibility index (Phi) is 15.6. The van der Waals surface area contributed by atoms with Gasteiger partial charge in [0, 0.05) is 48.3 Å². The van der Waals surface area contributed by atoms with E-state index < -0.39 is 23.5 Å². The van der Waals surface area contributed by atoms with Crippen molar-refractivity contribution < 1.29 is 38.8 Å². The molecule has 2 aromatic carbocycles. The summed E-state index contributed by atoms with van der Waals surface area (Å²) >= 11 is 1.76. The lowest BCUT2D eigenvalue weighted by atomic mass is 9.55. The summed E-state index contributed by atoms with van der Waals surface area (Å²) < 4.78 is 26.1. The maximum Gasteiger partial charge on any atom is 0.409 e. The molecule has 55 heavy (non-hydrogen) atoms. The monoisotopic (exact) mass is 778 g/mol. The van der Waals surface area contributed by atoms with Gasteiger partial charge in [0.1, 0.15) is 23.1 Å². The summed E-state index contributed by atoms with van der Waals surface area (Å²) in [5, 5.41) is 24.6. The highest BCUT2D eigenvalue weighted by molar-refractivity contribution is 7.99. The molecule has 0 spiro atoms. The van der Waals surface area contributed by atoms with Gasteiger partial charge >= 0.3 is 6.09 Å². The molecule has 0 aromatic heterocycles. The highest BCUT2D eigenvalue weighted by atomic mass is 32.2. The average Bonchev–Trinajstić information content (AvgIpc) is 3.18. The van der Waals surface area contributed by atoms with E-state index in [4.69, 9.17) is 28.9 Å². The molecular weight excluding hydrogens is 717 g/mol. The van der Waals surface area contributed by atoms with Crippen LogP contribution in [0, 0.1) is 17.8 Å². The third kappa shape index (κ3) is 10.3. The molecule has 302 valence electrons. The molecule has 1 saturated carbocycles. The number of ether oxygens (including phenoxy) is 4. The van der Waals surface area contributed by atoms with Crippen molar-refractivity contribution in [3.63, 3.8) is 0 Å². The first kappa shape index (κ1) is 42.6. The number of allylic oxidation sites excluding steroid dienone is 1. The van der Waals surface area contributed by atoms with E-state index in [-0.39, 0.29) is 43.5 Å². The first-order valence-corrected chi connectivity index (χ1v) is 21.0. The van der Waals surface area contributed by atoms with Gasteiger partial charge in [-0.1, -0.05) is 55.3 Å². The van der Waals surface area contributed by atoms with Crippen LogP contribution < -0.4 is 9.47 Å². The fourth-order valence-corrected chi connectivity index (χ4v) is 9.25. The zero-order valence-electron chi connectivity index (χ0n) is 33.4. The van der Waals surface area contributed by atoms with Gasteiger partial charge in [0.05, 0.1) is 32.0 Å². The number of benzene rings is 2. The van der Waals surface area contributed by atoms with Crippen LogP contribution in [-0.4, -0.2) is 90.2 Å². The zero-order valence-corrected chi connectivity index (χ0v) is 34.2. The second kappa shape index (κ2) is 20.1. The van der Waals surface area contributed by atoms with E-state index in [0.29, 0.717) is 44.6 Å². The van der Waals surface area contributed by atoms with Crippen LogP contribution in [0.1, 0.15) is 90.5 Å². The number of methoxy groups -OCH3 is 1. The number of carbonyl (C=O) groups excluding carboxylic acids is 1. The van der Waals surface area contributed by atoms with Gasteiger partial charge in [0.15, 0.2) is 0 Å². The molecule has 2 aliphatic carbocycles. The topological polar surface area (TPSA) is 119 Å². The summed E-state index contributed by atoms with van der Waals surface area (Å²) in [5.74, 6) is 0.676. The summed E-state index contributed by atoms with van der Waals surface area (Å²) in [6, 6.07) is 15.8. The van der Waals surface area contributed by atoms with E-state index in [9.17, 15) is 15.0 Å². The van der Waals surface area contributed by atoms with Crippen LogP contribution >= 0.6 is 11.8 Å². The van der Waals surface area contributed by atoms with E-state index in [2.05, 4.69) is 30.9 Å². The molecule has 0 bridgehead atoms. The minimum absolute atomic E-state index is 0.121. The van der Waals surface area contributed by atoms with E-state index >= 15 is 0 Å². The van der Waals surface area contributed by atoms with Gasteiger partial charge in [-0.2, -0.15) is 0 Å². The van der Waals surface area contributed by atoms with Crippen LogP contribution in [0.3, 0.4) is 0 Å². The Morgan fingerprint density at radius 2 is 1.84 bits per heavy atom. The van der Waals surface area contributed by atoms with E-state index in [1.54, 1.807) is 22.7 Å². The van der Waals surface area contributed by atoms with E-state index in [1.165, 1.54) is 12.0 Å². The summed E-state index contributed by atoms with van der Waals surface area (Å²) in [6.45, 7) is 13.4. The number of oxime groups is 1. The van der Waals surface area contributed by atoms with Crippen LogP contribution in [0.5, 0.6) is 11.5 Å². The van der Waals surface area contributed by atoms with Crippen LogP contribution in [-0.2, 0) is 14.3 Å². The molecule has 1 heterocycles. The van der Waals surface area contributed by atoms with Crippen molar-refractivity contribution in [1.82, 2.24) is 4.90 Å². The Bertz CT molecular complexity index is 1610. The minimum Gasteiger partial charge on any atom is -0.493 e. The second-order valence-electron chi connectivity index (χ2n) is 15.6. The quantitative estimate of drug-likeness (QED) is 0.0589. The van der Waals surface area contributed by atoms with Crippen LogP contribution in [0.4, 0.5) is 4.79 Å². The SMILES string of the molecule is C=CCO[C@@]12Oc3ccc(OCCSc4ccccc4)cc3[C@H]3[C@H](CCCCO)[C@@H](CCCCO)C=C(C(=NOC(C)(C)C)C[C@@H]1N(CCC)C(=O)OC)[C@H]32. The van der Waals surface area contributed by atoms with E-state index in [0.717, 1.165) is 54.0 Å². The second-order valence-corrected chi connectivity index (χ2v) is 16.8. The Morgan fingerprint density at radius 3 is 2.51 bits per heavy atom. The van der Waals surface area contributed by atoms with Crippen molar-refractivity contribution in [2.24, 2.45) is 22.9 Å². The minimum atomic E-state index is -1.32. The number of unbranched alkanes of at least 4 members (excludes halogenated alkanes) is 2. The molecule has 2 aromatic rings. The Labute approximate surface area is 332 Å². The molecule has 3 aliphatic rings. The normalized spacial score (nSPS) is 24.9. The van der Waals surface area contributed by atoms with Crippen LogP contribution in [0.15, 0.2) is 82.9 Å². The lowest BCUT2D eigenvalue weighted by Gasteiger charge is -2.60. The number of hydrogen-bond donors (Lipinski definition) is 2. The fourth-order valence-electron chi connectivity index (χ4n) is 8.50. The average molecular weight is 779 g/mol. The fraction of sp³-hybridized carbons (Fsp3) is 0.591. The summed E-state index contributed by atoms with van der Waals surface area (Å²) in [6.07, 6.45) is 9.48. The molecule has 1 amide bonds. The standard InChI is InChI=1S/C44H62N2O8S/c1-7-22-46(42(49)50-6)39-30-37(45-54-43(3,4)5)35-28-31(16-12-14-23-47)34(19-13-15-24-48)40-36-29-32(51-26-27-55-33-17-10-9-11-18-33)20-21-38(36)53-44(39,41(35)40)52-25-8-2/h8-11,17-18,20-21,28-29,31,34,39-41,47-48H,2,7,12-16,19,22-27,30H2,1,3-6H3/t31-,34+,39-,40+,41+,44+/m0/s1. The van der Waals surface area contributed by atoms with Gasteiger partial charge in [0.2, 0.25) is 5.79 Å². The molecule has 10 nitrogen and oxygen atoms in total. The van der Waals surface area contributed by atoms with Gasteiger partial charge in [-0.25, -0.2) is 4.79 Å². The predicted molar refractivity (Wildman–Crippen MR) is 218 cm³/mol. The molecule has 0 saturated heterocycles. The molecule has 11 heteroatoms. The van der Waals surface area contributed by atoms with Gasteiger partial charge in [0.25, 0.3) is 0 Å². The van der Waals surface area contributed by atoms with Crippen molar-refractivity contribution in [1.29, 1.82) is 0 Å². The summed E-state index contributed by atoms with van der Waals surface area (Å²) in [7, 11) is 1.41. The smallest absolute Gasteiger partial charge is 0.409 e. The number of hydrogen-bond acceptors (Lipinski definition) is 10. The Morgan fingerprint density at radius 1 is 1.09 bits per heavy atom. The summed E-state index contributed by atoms with van der Waals surface area (Å²) in [5.41, 5.74) is 2.24. The van der Waals surface area contributed by atoms with Crippen molar-refractivity contribution in [2.75, 3.05) is 45.8 Å². The Balaban J connectivity index is 1.69. The molecule has 2 N–H and O–H groups in total. The van der Waals surface area contributed by atoms with Crippen molar-refractivity contribution >= 4 is 23.6 Å². The third-order valence-electron chi connectivity index (χ3n) is 10.7. The lowest BCUT2D eigenvalue weighted by Crippen LogP contribution is -2.70. The number of carbonyl (C=O) groups is 1. The molecule has 1 fully saturated rings. The van der Waals surface area contributed by atoms with E-state index in [1.807, 2.05) is 58.0 Å². The van der Waals surface area contributed by atoms with Gasteiger partial charge in [-0.05, 0) is 101 Å². The third-order valence-corrected chi connectivity index (χ3v) is 11.7. The first-order chi connectivity index (χ1) is 26.6. The number of fused-ring (bicyclic) bond motifs is 2. The zero-order chi connectivity index (χ0) is 39.4. The number of thioether (sulfide) groups is 1. The Hall–Kier alpha value is -3.51. The summed E-state index contributed by atoms with van der Waals surface area (Å²) in [4.78, 5) is 22.8. The van der Waals surface area contributed by atoms with Crippen LogP contribution in [0.2, 0.25) is 0 Å². The number of aliphatic hydroxyl groups excluding tert-OH is 2. The number of rotatable bonds is 20. The maximum atomic E-state index is 13.7. The van der Waals surface area contributed by atoms with Crippen molar-refractivity contribution in [3.05, 3.63) is 78.4 Å². The van der Waals surface area contributed by atoms with Gasteiger partial charge in [-0.3, -0.25) is 4.90 Å². The van der Waals surface area contributed by atoms with Crippen molar-refractivity contribution in [2.45, 2.75) is 107 Å². The lowest BCUT2D eigenvalue weighted by molar-refractivity contribution is -0.255. The number of nitrogens with zero attached hydrogens (tertiary/aromatic N) is 2. The van der Waals surface area contributed by atoms with Crippen LogP contribution in [0.25, 0.3) is 0 Å². The highest BCUT2D eigenvalue weighted by Crippen LogP contribution is 2.62. The molecule has 0 radical (unpaired) electrons. The largest absolute Gasteiger partial charge is 0.493 e.